The minimum absolute atomic E-state index is 0. The average Bonchev–Trinajstić information content (AvgIpc) is 3.58. The van der Waals surface area contributed by atoms with Crippen molar-refractivity contribution in [2.24, 2.45) is 0 Å². The monoisotopic (exact) mass is 540 g/mol. The summed E-state index contributed by atoms with van der Waals surface area (Å²) in [6, 6.07) is 7.25. The van der Waals surface area contributed by atoms with Gasteiger partial charge in [-0.2, -0.15) is 20.4 Å². The maximum atomic E-state index is 7.43. The summed E-state index contributed by atoms with van der Waals surface area (Å²) < 4.78 is 3.00. The van der Waals surface area contributed by atoms with E-state index in [1.807, 2.05) is 40.3 Å². The molecule has 15 heteroatoms. The van der Waals surface area contributed by atoms with Gasteiger partial charge in [0.1, 0.15) is 0 Å². The number of hydrogen-bond acceptors (Lipinski definition) is 6. The molecule has 4 rings (SSSR count). The molecule has 4 aromatic heterocycles. The Morgan fingerprint density at radius 3 is 1.18 bits per heavy atom. The molecule has 0 saturated carbocycles. The van der Waals surface area contributed by atoms with Gasteiger partial charge in [-0.1, -0.05) is 0 Å². The van der Waals surface area contributed by atoms with Crippen molar-refractivity contribution in [1.82, 2.24) is 49.8 Å². The van der Waals surface area contributed by atoms with Gasteiger partial charge in [0.25, 0.3) is 0 Å². The van der Waals surface area contributed by atoms with E-state index in [-0.39, 0.29) is 41.3 Å². The Morgan fingerprint density at radius 2 is 1.03 bits per heavy atom. The van der Waals surface area contributed by atoms with Crippen molar-refractivity contribution in [1.29, 1.82) is 10.8 Å². The van der Waals surface area contributed by atoms with E-state index < -0.39 is 0 Å². The molecule has 12 nitrogen and oxygen atoms in total. The molecule has 0 unspecified atom stereocenters. The zero-order chi connectivity index (χ0) is 22.2. The first-order valence-electron chi connectivity index (χ1n) is 8.82. The fraction of sp³-hybridized carbons (Fsp3) is 0.222. The van der Waals surface area contributed by atoms with Crippen molar-refractivity contribution in [3.63, 3.8) is 0 Å². The molecule has 0 aliphatic carbocycles. The molecular weight excluding hydrogens is 514 g/mol. The number of aromatic nitrogens is 8. The molecule has 0 saturated heterocycles. The van der Waals surface area contributed by atoms with Crippen LogP contribution in [0, 0.1) is 10.8 Å². The third-order valence-electron chi connectivity index (χ3n) is 3.10. The third kappa shape index (κ3) is 15.3. The Bertz CT molecular complexity index is 782. The second kappa shape index (κ2) is 20.7. The molecule has 184 valence electrons. The van der Waals surface area contributed by atoms with Crippen molar-refractivity contribution < 1.29 is 41.3 Å². The summed E-state index contributed by atoms with van der Waals surface area (Å²) in [4.78, 5) is 3.38. The van der Waals surface area contributed by atoms with Crippen LogP contribution >= 0.6 is 0 Å². The fourth-order valence-electron chi connectivity index (χ4n) is 1.63. The standard InChI is InChI=1S/2C6H10N4.2C3H4N2.2ClH.Ni/c2*1-9(2)6(7)10-5-3-4-8-10;2*1-2-4-5-3-1;;;/h2*3-5,7H,1-2H3;2*1-3H,(H,4,5);2*1H;/q;;;;;;+2/p-2. The van der Waals surface area contributed by atoms with E-state index >= 15 is 0 Å². The first kappa shape index (κ1) is 34.5. The van der Waals surface area contributed by atoms with Crippen molar-refractivity contribution in [3.8, 4) is 0 Å². The second-order valence-electron chi connectivity index (χ2n) is 5.87. The maximum absolute atomic E-state index is 7.43. The van der Waals surface area contributed by atoms with Gasteiger partial charge in [-0.25, -0.2) is 9.36 Å². The summed E-state index contributed by atoms with van der Waals surface area (Å²) in [6.07, 6.45) is 13.7. The third-order valence-corrected chi connectivity index (χ3v) is 3.10. The minimum atomic E-state index is 0. The van der Waals surface area contributed by atoms with Gasteiger partial charge in [-0.15, -0.1) is 0 Å². The second-order valence-corrected chi connectivity index (χ2v) is 5.87. The predicted molar refractivity (Wildman–Crippen MR) is 115 cm³/mol. The van der Waals surface area contributed by atoms with E-state index in [0.29, 0.717) is 11.9 Å². The Balaban J connectivity index is -0.000000368. The molecule has 0 aliphatic rings. The molecule has 0 radical (unpaired) electrons. The van der Waals surface area contributed by atoms with Crippen LogP contribution < -0.4 is 24.8 Å². The molecule has 0 aliphatic heterocycles. The number of aromatic amines is 2. The van der Waals surface area contributed by atoms with E-state index in [1.165, 1.54) is 9.36 Å². The van der Waals surface area contributed by atoms with Gasteiger partial charge < -0.3 is 34.6 Å². The van der Waals surface area contributed by atoms with Crippen LogP contribution in [0.1, 0.15) is 0 Å². The SMILES string of the molecule is CN(C)C(=N)n1cccn1.CN(C)C(=N)n1cccn1.[Cl-].[Cl-].[Ni+2].c1cn[nH]c1.c1cn[nH]c1. The van der Waals surface area contributed by atoms with Crippen LogP contribution in [0.15, 0.2) is 73.8 Å². The van der Waals surface area contributed by atoms with Crippen LogP contribution in [0.2, 0.25) is 0 Å². The molecule has 4 heterocycles. The van der Waals surface area contributed by atoms with Crippen molar-refractivity contribution in [2.75, 3.05) is 28.2 Å². The molecule has 4 N–H and O–H groups in total. The minimum Gasteiger partial charge on any atom is -1.00 e. The molecule has 0 bridgehead atoms. The van der Waals surface area contributed by atoms with Crippen LogP contribution in [0.25, 0.3) is 0 Å². The smallest absolute Gasteiger partial charge is 1.00 e. The Morgan fingerprint density at radius 1 is 0.667 bits per heavy atom. The summed E-state index contributed by atoms with van der Waals surface area (Å²) in [5, 5.41) is 35.0. The van der Waals surface area contributed by atoms with Gasteiger partial charge in [0.05, 0.1) is 0 Å². The molecule has 33 heavy (non-hydrogen) atoms. The fourth-order valence-corrected chi connectivity index (χ4v) is 1.63. The molecule has 0 aromatic carbocycles. The van der Waals surface area contributed by atoms with E-state index in [1.54, 1.807) is 71.5 Å². The zero-order valence-corrected chi connectivity index (χ0v) is 21.1. The number of hydrogen-bond donors (Lipinski definition) is 4. The maximum Gasteiger partial charge on any atom is 2.00 e. The number of H-pyrrole nitrogens is 2. The summed E-state index contributed by atoms with van der Waals surface area (Å²) >= 11 is 0. The average molecular weight is 542 g/mol. The van der Waals surface area contributed by atoms with Gasteiger partial charge >= 0.3 is 16.5 Å². The predicted octanol–water partition coefficient (Wildman–Crippen LogP) is -4.72. The number of nitrogens with one attached hydrogen (secondary N) is 4. The van der Waals surface area contributed by atoms with Crippen molar-refractivity contribution in [3.05, 3.63) is 73.8 Å². The summed E-state index contributed by atoms with van der Waals surface area (Å²) in [6.45, 7) is 0. The summed E-state index contributed by atoms with van der Waals surface area (Å²) in [5.74, 6) is 0.731. The Labute approximate surface area is 215 Å². The first-order valence-corrected chi connectivity index (χ1v) is 8.82. The molecule has 0 atom stereocenters. The van der Waals surface area contributed by atoms with Gasteiger partial charge in [-0.05, 0) is 24.3 Å². The number of halogens is 2. The van der Waals surface area contributed by atoms with E-state index in [9.17, 15) is 0 Å². The normalized spacial score (nSPS) is 8.12. The van der Waals surface area contributed by atoms with Crippen molar-refractivity contribution in [2.45, 2.75) is 0 Å². The van der Waals surface area contributed by atoms with E-state index in [0.717, 1.165) is 0 Å². The van der Waals surface area contributed by atoms with Crippen LogP contribution in [0.5, 0.6) is 0 Å². The Hall–Kier alpha value is -3.15. The van der Waals surface area contributed by atoms with E-state index in [2.05, 4.69) is 30.6 Å². The quantitative estimate of drug-likeness (QED) is 0.0999. The molecule has 4 aromatic rings. The zero-order valence-electron chi connectivity index (χ0n) is 18.6. The summed E-state index contributed by atoms with van der Waals surface area (Å²) in [7, 11) is 7.24. The summed E-state index contributed by atoms with van der Waals surface area (Å²) in [5.41, 5.74) is 0. The molecular formula is C18H28Cl2N12Ni. The van der Waals surface area contributed by atoms with E-state index in [4.69, 9.17) is 10.8 Å². The van der Waals surface area contributed by atoms with Gasteiger partial charge in [0, 0.05) is 77.8 Å². The van der Waals surface area contributed by atoms with Crippen LogP contribution in [-0.4, -0.2) is 89.9 Å². The first-order chi connectivity index (χ1) is 14.4. The van der Waals surface area contributed by atoms with Crippen LogP contribution in [0.4, 0.5) is 0 Å². The van der Waals surface area contributed by atoms with Gasteiger partial charge in [0.15, 0.2) is 0 Å². The van der Waals surface area contributed by atoms with Crippen LogP contribution in [-0.2, 0) is 16.5 Å². The van der Waals surface area contributed by atoms with Crippen LogP contribution in [0.3, 0.4) is 0 Å². The Kier molecular flexibility index (Phi) is 21.7. The van der Waals surface area contributed by atoms with Gasteiger partial charge in [0.2, 0.25) is 11.9 Å². The number of rotatable bonds is 0. The molecule has 0 spiro atoms. The van der Waals surface area contributed by atoms with Crippen molar-refractivity contribution >= 4 is 11.9 Å². The molecule has 0 amide bonds. The molecule has 0 fully saturated rings. The van der Waals surface area contributed by atoms with Gasteiger partial charge in [-0.3, -0.25) is 21.0 Å². The topological polar surface area (TPSA) is 147 Å². The number of nitrogens with zero attached hydrogens (tertiary/aromatic N) is 8. The largest absolute Gasteiger partial charge is 2.00 e.